The lowest BCUT2D eigenvalue weighted by Crippen LogP contribution is -1.82. The van der Waals surface area contributed by atoms with Crippen molar-refractivity contribution in [2.45, 2.75) is 0 Å². The maximum atomic E-state index is 11.5. The quantitative estimate of drug-likeness (QED) is 0.556. The van der Waals surface area contributed by atoms with Gasteiger partial charge in [0.2, 0.25) is 0 Å². The van der Waals surface area contributed by atoms with Crippen LogP contribution in [0.4, 0.5) is 4.39 Å². The van der Waals surface area contributed by atoms with E-state index in [1.807, 2.05) is 0 Å². The van der Waals surface area contributed by atoms with Gasteiger partial charge in [0.05, 0.1) is 7.11 Å². The molecule has 0 aliphatic heterocycles. The van der Waals surface area contributed by atoms with E-state index in [2.05, 4.69) is 5.92 Å². The van der Waals surface area contributed by atoms with Gasteiger partial charge in [0.15, 0.2) is 0 Å². The molecule has 0 aliphatic carbocycles. The van der Waals surface area contributed by atoms with E-state index < -0.39 is 0 Å². The molecule has 2 heteroatoms. The SMILES string of the molecule is COc1cccc(C#CF)c1. The van der Waals surface area contributed by atoms with Gasteiger partial charge in [-0.2, -0.15) is 0 Å². The van der Waals surface area contributed by atoms with E-state index in [1.54, 1.807) is 31.4 Å². The molecule has 56 valence electrons. The number of hydrogen-bond donors (Lipinski definition) is 0. The van der Waals surface area contributed by atoms with Crippen LogP contribution < -0.4 is 4.74 Å². The fraction of sp³-hybridized carbons (Fsp3) is 0.111. The van der Waals surface area contributed by atoms with Gasteiger partial charge in [-0.25, -0.2) is 0 Å². The first kappa shape index (κ1) is 7.62. The van der Waals surface area contributed by atoms with Crippen LogP contribution in [0, 0.1) is 12.1 Å². The number of rotatable bonds is 1. The molecule has 0 heterocycles. The van der Waals surface area contributed by atoms with Crippen LogP contribution in [0.5, 0.6) is 5.75 Å². The highest BCUT2D eigenvalue weighted by atomic mass is 19.1. The maximum Gasteiger partial charge on any atom is 0.120 e. The zero-order chi connectivity index (χ0) is 8.10. The summed E-state index contributed by atoms with van der Waals surface area (Å²) >= 11 is 0. The summed E-state index contributed by atoms with van der Waals surface area (Å²) in [4.78, 5) is 0. The third-order valence-electron chi connectivity index (χ3n) is 1.26. The van der Waals surface area contributed by atoms with Crippen molar-refractivity contribution in [3.05, 3.63) is 29.8 Å². The lowest BCUT2D eigenvalue weighted by molar-refractivity contribution is 0.414. The van der Waals surface area contributed by atoms with Gasteiger partial charge in [-0.1, -0.05) is 6.07 Å². The zero-order valence-corrected chi connectivity index (χ0v) is 6.10. The van der Waals surface area contributed by atoms with Crippen LogP contribution >= 0.6 is 0 Å². The monoisotopic (exact) mass is 150 g/mol. The highest BCUT2D eigenvalue weighted by Gasteiger charge is 1.90. The van der Waals surface area contributed by atoms with Crippen LogP contribution in [0.1, 0.15) is 5.56 Å². The fourth-order valence-corrected chi connectivity index (χ4v) is 0.755. The molecule has 0 unspecified atom stereocenters. The standard InChI is InChI=1S/C9H7FO/c1-11-9-4-2-3-8(7-9)5-6-10/h2-4,7H,1H3. The van der Waals surface area contributed by atoms with Gasteiger partial charge in [0, 0.05) is 5.56 Å². The number of hydrogen-bond acceptors (Lipinski definition) is 1. The minimum atomic E-state index is 0.617. The van der Waals surface area contributed by atoms with Gasteiger partial charge in [-0.05, 0) is 24.1 Å². The van der Waals surface area contributed by atoms with E-state index in [1.165, 1.54) is 6.17 Å². The molecule has 0 N–H and O–H groups in total. The highest BCUT2D eigenvalue weighted by Crippen LogP contribution is 2.10. The van der Waals surface area contributed by atoms with Gasteiger partial charge in [0.1, 0.15) is 11.9 Å². The van der Waals surface area contributed by atoms with E-state index in [9.17, 15) is 4.39 Å². The zero-order valence-electron chi connectivity index (χ0n) is 6.10. The van der Waals surface area contributed by atoms with Crippen molar-refractivity contribution in [1.29, 1.82) is 0 Å². The summed E-state index contributed by atoms with van der Waals surface area (Å²) in [7, 11) is 1.56. The molecule has 11 heavy (non-hydrogen) atoms. The molecule has 1 aromatic rings. The number of ether oxygens (including phenoxy) is 1. The van der Waals surface area contributed by atoms with Crippen LogP contribution in [0.25, 0.3) is 0 Å². The molecule has 1 aromatic carbocycles. The van der Waals surface area contributed by atoms with E-state index in [0.717, 1.165) is 0 Å². The van der Waals surface area contributed by atoms with Crippen molar-refractivity contribution >= 4 is 0 Å². The average Bonchev–Trinajstić information content (AvgIpc) is 2.06. The highest BCUT2D eigenvalue weighted by molar-refractivity contribution is 5.38. The molecule has 0 bridgehead atoms. The predicted octanol–water partition coefficient (Wildman–Crippen LogP) is 1.97. The number of benzene rings is 1. The van der Waals surface area contributed by atoms with Crippen molar-refractivity contribution in [3.63, 3.8) is 0 Å². The first-order valence-corrected chi connectivity index (χ1v) is 3.12. The molecule has 0 atom stereocenters. The summed E-state index contributed by atoms with van der Waals surface area (Å²) in [5.74, 6) is 2.97. The molecule has 0 saturated heterocycles. The third-order valence-corrected chi connectivity index (χ3v) is 1.26. The Labute approximate surface area is 64.8 Å². The molecular weight excluding hydrogens is 143 g/mol. The van der Waals surface area contributed by atoms with Crippen LogP contribution in [0.2, 0.25) is 0 Å². The second kappa shape index (κ2) is 3.62. The largest absolute Gasteiger partial charge is 0.497 e. The van der Waals surface area contributed by atoms with E-state index in [4.69, 9.17) is 4.74 Å². The third kappa shape index (κ3) is 1.98. The van der Waals surface area contributed by atoms with Crippen LogP contribution in [-0.4, -0.2) is 7.11 Å². The minimum Gasteiger partial charge on any atom is -0.497 e. The van der Waals surface area contributed by atoms with Crippen LogP contribution in [0.15, 0.2) is 24.3 Å². The van der Waals surface area contributed by atoms with Crippen molar-refractivity contribution < 1.29 is 9.13 Å². The average molecular weight is 150 g/mol. The summed E-state index contributed by atoms with van der Waals surface area (Å²) in [6.45, 7) is 0. The molecule has 0 radical (unpaired) electrons. The van der Waals surface area contributed by atoms with Gasteiger partial charge < -0.3 is 4.74 Å². The Hall–Kier alpha value is -1.49. The molecule has 0 spiro atoms. The Morgan fingerprint density at radius 1 is 1.45 bits per heavy atom. The van der Waals surface area contributed by atoms with Crippen molar-refractivity contribution in [2.24, 2.45) is 0 Å². The molecule has 1 rings (SSSR count). The second-order valence-electron chi connectivity index (χ2n) is 1.95. The van der Waals surface area contributed by atoms with Gasteiger partial charge in [-0.15, -0.1) is 4.39 Å². The minimum absolute atomic E-state index is 0.617. The van der Waals surface area contributed by atoms with Crippen LogP contribution in [-0.2, 0) is 0 Å². The molecule has 0 amide bonds. The summed E-state index contributed by atoms with van der Waals surface area (Å²) in [5, 5.41) is 0. The second-order valence-corrected chi connectivity index (χ2v) is 1.95. The number of halogens is 1. The Balaban J connectivity index is 2.97. The van der Waals surface area contributed by atoms with E-state index >= 15 is 0 Å². The van der Waals surface area contributed by atoms with Crippen LogP contribution in [0.3, 0.4) is 0 Å². The topological polar surface area (TPSA) is 9.23 Å². The summed E-state index contributed by atoms with van der Waals surface area (Å²) in [5.41, 5.74) is 0.617. The van der Waals surface area contributed by atoms with Gasteiger partial charge in [0.25, 0.3) is 0 Å². The normalized spacial score (nSPS) is 8.18. The van der Waals surface area contributed by atoms with E-state index in [-0.39, 0.29) is 0 Å². The van der Waals surface area contributed by atoms with Gasteiger partial charge >= 0.3 is 0 Å². The molecule has 0 aromatic heterocycles. The lowest BCUT2D eigenvalue weighted by atomic mass is 10.2. The Morgan fingerprint density at radius 2 is 2.27 bits per heavy atom. The Morgan fingerprint density at radius 3 is 2.91 bits per heavy atom. The maximum absolute atomic E-state index is 11.5. The summed E-state index contributed by atoms with van der Waals surface area (Å²) < 4.78 is 16.4. The van der Waals surface area contributed by atoms with E-state index in [0.29, 0.717) is 11.3 Å². The summed E-state index contributed by atoms with van der Waals surface area (Å²) in [6, 6.07) is 6.93. The molecule has 0 fully saturated rings. The number of methoxy groups -OCH3 is 1. The Bertz CT molecular complexity index is 296. The molecular formula is C9H7FO. The smallest absolute Gasteiger partial charge is 0.120 e. The Kier molecular flexibility index (Phi) is 2.51. The fourth-order valence-electron chi connectivity index (χ4n) is 0.755. The van der Waals surface area contributed by atoms with Gasteiger partial charge in [-0.3, -0.25) is 0 Å². The molecule has 0 saturated carbocycles. The first-order valence-electron chi connectivity index (χ1n) is 3.12. The van der Waals surface area contributed by atoms with Crippen molar-refractivity contribution in [1.82, 2.24) is 0 Å². The first-order chi connectivity index (χ1) is 5.36. The molecule has 0 aliphatic rings. The van der Waals surface area contributed by atoms with Crippen molar-refractivity contribution in [2.75, 3.05) is 7.11 Å². The van der Waals surface area contributed by atoms with Crippen molar-refractivity contribution in [3.8, 4) is 17.8 Å². The lowest BCUT2D eigenvalue weighted by Gasteiger charge is -1.97. The summed E-state index contributed by atoms with van der Waals surface area (Å²) in [6.07, 6.45) is 1.33. The molecule has 1 nitrogen and oxygen atoms in total. The predicted molar refractivity (Wildman–Crippen MR) is 41.0 cm³/mol.